The summed E-state index contributed by atoms with van der Waals surface area (Å²) in [7, 11) is 0. The Bertz CT molecular complexity index is 929. The number of benzene rings is 1. The predicted molar refractivity (Wildman–Crippen MR) is 106 cm³/mol. The molecule has 3 aromatic rings. The van der Waals surface area contributed by atoms with Gasteiger partial charge in [-0.25, -0.2) is 0 Å². The number of hydrogen-bond acceptors (Lipinski definition) is 4. The van der Waals surface area contributed by atoms with Crippen molar-refractivity contribution in [2.24, 2.45) is 0 Å². The van der Waals surface area contributed by atoms with Crippen molar-refractivity contribution < 1.29 is 9.59 Å². The van der Waals surface area contributed by atoms with E-state index in [0.717, 1.165) is 41.5 Å². The highest BCUT2D eigenvalue weighted by Gasteiger charge is 2.28. The van der Waals surface area contributed by atoms with Gasteiger partial charge < -0.3 is 10.6 Å². The molecule has 1 saturated carbocycles. The number of carbonyl (C=O) groups is 2. The van der Waals surface area contributed by atoms with Crippen LogP contribution >= 0.6 is 11.3 Å². The summed E-state index contributed by atoms with van der Waals surface area (Å²) in [6.07, 6.45) is 5.51. The molecule has 0 aliphatic heterocycles. The van der Waals surface area contributed by atoms with Crippen molar-refractivity contribution in [1.82, 2.24) is 20.8 Å². The molecule has 1 fully saturated rings. The van der Waals surface area contributed by atoms with Crippen molar-refractivity contribution in [3.8, 4) is 0 Å². The van der Waals surface area contributed by atoms with Crippen LogP contribution in [0.3, 0.4) is 0 Å². The predicted octanol–water partition coefficient (Wildman–Crippen LogP) is 3.54. The molecule has 0 bridgehead atoms. The number of rotatable bonds is 5. The second-order valence-electron chi connectivity index (χ2n) is 6.88. The van der Waals surface area contributed by atoms with Gasteiger partial charge in [0.05, 0.1) is 5.52 Å². The Hall–Kier alpha value is -2.67. The number of nitrogens with zero attached hydrogens (tertiary/aromatic N) is 1. The zero-order valence-electron chi connectivity index (χ0n) is 14.9. The lowest BCUT2D eigenvalue weighted by atomic mass is 9.95. The van der Waals surface area contributed by atoms with Crippen LogP contribution in [0.4, 0.5) is 0 Å². The van der Waals surface area contributed by atoms with Gasteiger partial charge in [0.1, 0.15) is 6.04 Å². The fraction of sp³-hybridized carbons (Fsp3) is 0.350. The van der Waals surface area contributed by atoms with Crippen LogP contribution in [0, 0.1) is 0 Å². The van der Waals surface area contributed by atoms with Crippen LogP contribution in [0.5, 0.6) is 0 Å². The minimum absolute atomic E-state index is 0.155. The van der Waals surface area contributed by atoms with Crippen molar-refractivity contribution in [1.29, 1.82) is 0 Å². The molecule has 1 aliphatic rings. The van der Waals surface area contributed by atoms with Crippen LogP contribution in [-0.2, 0) is 4.79 Å². The highest BCUT2D eigenvalue weighted by Crippen LogP contribution is 2.23. The maximum Gasteiger partial charge on any atom is 0.273 e. The minimum Gasteiger partial charge on any atom is -0.351 e. The topological polar surface area (TPSA) is 86.9 Å². The first-order chi connectivity index (χ1) is 13.2. The summed E-state index contributed by atoms with van der Waals surface area (Å²) >= 11 is 1.46. The molecule has 0 radical (unpaired) electrons. The summed E-state index contributed by atoms with van der Waals surface area (Å²) in [5.41, 5.74) is 1.10. The van der Waals surface area contributed by atoms with Gasteiger partial charge in [-0.3, -0.25) is 14.7 Å². The molecule has 27 heavy (non-hydrogen) atoms. The molecule has 2 aromatic heterocycles. The summed E-state index contributed by atoms with van der Waals surface area (Å²) in [6.45, 7) is 0. The SMILES string of the molecule is O=C(NC(C(=O)NC1CCCCC1)c1cccs1)c1n[nH]c2ccccc12. The Morgan fingerprint density at radius 2 is 1.93 bits per heavy atom. The molecule has 1 aromatic carbocycles. The molecular weight excluding hydrogens is 360 g/mol. The number of nitrogens with one attached hydrogen (secondary N) is 3. The first kappa shape index (κ1) is 17.7. The third-order valence-corrected chi connectivity index (χ3v) is 5.94. The molecule has 7 heteroatoms. The number of hydrogen-bond donors (Lipinski definition) is 3. The van der Waals surface area contributed by atoms with Gasteiger partial charge in [-0.15, -0.1) is 11.3 Å². The first-order valence-electron chi connectivity index (χ1n) is 9.30. The van der Waals surface area contributed by atoms with Crippen LogP contribution in [0.25, 0.3) is 10.9 Å². The molecule has 0 spiro atoms. The van der Waals surface area contributed by atoms with Crippen molar-refractivity contribution in [3.63, 3.8) is 0 Å². The molecule has 2 heterocycles. The zero-order chi connectivity index (χ0) is 18.6. The minimum atomic E-state index is -0.713. The van der Waals surface area contributed by atoms with Gasteiger partial charge in [-0.05, 0) is 30.4 Å². The average Bonchev–Trinajstić information content (AvgIpc) is 3.36. The third kappa shape index (κ3) is 3.88. The van der Waals surface area contributed by atoms with E-state index in [-0.39, 0.29) is 17.9 Å². The highest BCUT2D eigenvalue weighted by atomic mass is 32.1. The van der Waals surface area contributed by atoms with E-state index in [9.17, 15) is 9.59 Å². The van der Waals surface area contributed by atoms with E-state index >= 15 is 0 Å². The van der Waals surface area contributed by atoms with E-state index in [0.29, 0.717) is 5.69 Å². The van der Waals surface area contributed by atoms with Crippen LogP contribution < -0.4 is 10.6 Å². The highest BCUT2D eigenvalue weighted by molar-refractivity contribution is 7.10. The molecule has 4 rings (SSSR count). The van der Waals surface area contributed by atoms with Gasteiger partial charge in [-0.1, -0.05) is 43.5 Å². The van der Waals surface area contributed by atoms with Gasteiger partial charge in [0.2, 0.25) is 5.91 Å². The molecule has 6 nitrogen and oxygen atoms in total. The van der Waals surface area contributed by atoms with Crippen molar-refractivity contribution in [2.45, 2.75) is 44.2 Å². The van der Waals surface area contributed by atoms with Gasteiger partial charge in [0.25, 0.3) is 5.91 Å². The Labute approximate surface area is 161 Å². The Morgan fingerprint density at radius 3 is 2.70 bits per heavy atom. The number of para-hydroxylation sites is 1. The van der Waals surface area contributed by atoms with Gasteiger partial charge in [-0.2, -0.15) is 5.10 Å². The molecule has 3 N–H and O–H groups in total. The van der Waals surface area contributed by atoms with E-state index in [1.807, 2.05) is 41.8 Å². The Balaban J connectivity index is 1.54. The Kier molecular flexibility index (Phi) is 5.20. The smallest absolute Gasteiger partial charge is 0.273 e. The lowest BCUT2D eigenvalue weighted by Gasteiger charge is -2.25. The number of H-pyrrole nitrogens is 1. The molecule has 1 aliphatic carbocycles. The lowest BCUT2D eigenvalue weighted by Crippen LogP contribution is -2.44. The quantitative estimate of drug-likeness (QED) is 0.631. The molecule has 1 unspecified atom stereocenters. The van der Waals surface area contributed by atoms with Gasteiger partial charge in [0.15, 0.2) is 5.69 Å². The average molecular weight is 382 g/mol. The molecule has 0 saturated heterocycles. The van der Waals surface area contributed by atoms with Crippen molar-refractivity contribution in [2.75, 3.05) is 0 Å². The summed E-state index contributed by atoms with van der Waals surface area (Å²) < 4.78 is 0. The maximum absolute atomic E-state index is 12.9. The summed E-state index contributed by atoms with van der Waals surface area (Å²) in [5, 5.41) is 15.7. The largest absolute Gasteiger partial charge is 0.351 e. The van der Waals surface area contributed by atoms with Crippen molar-refractivity contribution in [3.05, 3.63) is 52.3 Å². The second kappa shape index (κ2) is 7.92. The third-order valence-electron chi connectivity index (χ3n) is 5.00. The molecule has 140 valence electrons. The second-order valence-corrected chi connectivity index (χ2v) is 7.86. The van der Waals surface area contributed by atoms with Crippen molar-refractivity contribution >= 4 is 34.1 Å². The van der Waals surface area contributed by atoms with E-state index in [1.165, 1.54) is 17.8 Å². The summed E-state index contributed by atoms with van der Waals surface area (Å²) in [6, 6.07) is 10.7. The zero-order valence-corrected chi connectivity index (χ0v) is 15.7. The van der Waals surface area contributed by atoms with E-state index in [2.05, 4.69) is 20.8 Å². The number of carbonyl (C=O) groups excluding carboxylic acids is 2. The fourth-order valence-corrected chi connectivity index (χ4v) is 4.36. The van der Waals surface area contributed by atoms with E-state index in [4.69, 9.17) is 0 Å². The lowest BCUT2D eigenvalue weighted by molar-refractivity contribution is -0.124. The fourth-order valence-electron chi connectivity index (χ4n) is 3.59. The van der Waals surface area contributed by atoms with Gasteiger partial charge in [0, 0.05) is 16.3 Å². The van der Waals surface area contributed by atoms with Crippen LogP contribution in [0.15, 0.2) is 41.8 Å². The molecular formula is C20H22N4O2S. The summed E-state index contributed by atoms with van der Waals surface area (Å²) in [4.78, 5) is 26.6. The number of aromatic amines is 1. The van der Waals surface area contributed by atoms with Gasteiger partial charge >= 0.3 is 0 Å². The normalized spacial score (nSPS) is 16.1. The van der Waals surface area contributed by atoms with Crippen LogP contribution in [0.2, 0.25) is 0 Å². The number of aromatic nitrogens is 2. The number of amides is 2. The standard InChI is InChI=1S/C20H22N4O2S/c25-19(17-14-9-4-5-10-15(14)23-24-17)22-18(16-11-6-12-27-16)20(26)21-13-7-2-1-3-8-13/h4-6,9-13,18H,1-3,7-8H2,(H,21,26)(H,22,25)(H,23,24). The van der Waals surface area contributed by atoms with E-state index in [1.54, 1.807) is 0 Å². The Morgan fingerprint density at radius 1 is 1.11 bits per heavy atom. The van der Waals surface area contributed by atoms with Crippen LogP contribution in [0.1, 0.15) is 53.5 Å². The van der Waals surface area contributed by atoms with Crippen LogP contribution in [-0.4, -0.2) is 28.1 Å². The summed E-state index contributed by atoms with van der Waals surface area (Å²) in [5.74, 6) is -0.512. The number of thiophene rings is 1. The maximum atomic E-state index is 12.9. The number of fused-ring (bicyclic) bond motifs is 1. The molecule has 2 amide bonds. The monoisotopic (exact) mass is 382 g/mol. The molecule has 1 atom stereocenters. The van der Waals surface area contributed by atoms with E-state index < -0.39 is 6.04 Å². The first-order valence-corrected chi connectivity index (χ1v) is 10.2.